The molecule has 28 heavy (non-hydrogen) atoms. The van der Waals surface area contributed by atoms with E-state index in [2.05, 4.69) is 31.3 Å². The van der Waals surface area contributed by atoms with Crippen LogP contribution in [-0.2, 0) is 0 Å². The van der Waals surface area contributed by atoms with Crippen LogP contribution >= 0.6 is 0 Å². The van der Waals surface area contributed by atoms with E-state index >= 15 is 0 Å². The van der Waals surface area contributed by atoms with E-state index in [1.807, 2.05) is 42.6 Å². The van der Waals surface area contributed by atoms with Crippen LogP contribution in [0.3, 0.4) is 0 Å². The maximum atomic E-state index is 13.0. The Morgan fingerprint density at radius 3 is 2.64 bits per heavy atom. The number of para-hydroxylation sites is 1. The standard InChI is InChI=1S/C23H26N4O/c1-15-8-11-19(16(2)12-15)22-20(23(28)25-13-21(24)17-9-10-17)14-27(26-22)18-6-4-3-5-7-18/h3-8,11-12,14,17,21H,9-10,13,24H2,1-2H3,(H,25,28). The lowest BCUT2D eigenvalue weighted by Gasteiger charge is -2.12. The first-order valence-electron chi connectivity index (χ1n) is 9.79. The van der Waals surface area contributed by atoms with Gasteiger partial charge in [-0.3, -0.25) is 4.79 Å². The molecule has 144 valence electrons. The predicted molar refractivity (Wildman–Crippen MR) is 112 cm³/mol. The average molecular weight is 374 g/mol. The number of nitrogens with zero attached hydrogens (tertiary/aromatic N) is 2. The molecule has 3 N–H and O–H groups in total. The highest BCUT2D eigenvalue weighted by molar-refractivity contribution is 6.00. The molecule has 3 aromatic rings. The van der Waals surface area contributed by atoms with Crippen molar-refractivity contribution in [2.45, 2.75) is 32.7 Å². The highest BCUT2D eigenvalue weighted by Gasteiger charge is 2.29. The minimum Gasteiger partial charge on any atom is -0.350 e. The van der Waals surface area contributed by atoms with Crippen molar-refractivity contribution in [3.05, 3.63) is 71.4 Å². The topological polar surface area (TPSA) is 72.9 Å². The first kappa shape index (κ1) is 18.4. The molecule has 0 bridgehead atoms. The third kappa shape index (κ3) is 3.85. The lowest BCUT2D eigenvalue weighted by molar-refractivity contribution is 0.0951. The maximum Gasteiger partial charge on any atom is 0.255 e. The predicted octanol–water partition coefficient (Wildman–Crippen LogP) is 3.62. The molecule has 1 amide bonds. The molecule has 1 heterocycles. The minimum atomic E-state index is -0.131. The quantitative estimate of drug-likeness (QED) is 0.692. The molecule has 1 saturated carbocycles. The molecule has 0 radical (unpaired) electrons. The Balaban J connectivity index is 1.70. The molecule has 1 unspecified atom stereocenters. The monoisotopic (exact) mass is 374 g/mol. The molecule has 5 heteroatoms. The molecule has 1 aliphatic rings. The second-order valence-corrected chi connectivity index (χ2v) is 7.70. The molecule has 5 nitrogen and oxygen atoms in total. The third-order valence-electron chi connectivity index (χ3n) is 5.34. The Morgan fingerprint density at radius 1 is 1.21 bits per heavy atom. The highest BCUT2D eigenvalue weighted by atomic mass is 16.1. The number of aryl methyl sites for hydroxylation is 2. The zero-order chi connectivity index (χ0) is 19.7. The van der Waals surface area contributed by atoms with Gasteiger partial charge in [0.05, 0.1) is 11.3 Å². The van der Waals surface area contributed by atoms with E-state index in [0.717, 1.165) is 29.7 Å². The first-order valence-corrected chi connectivity index (χ1v) is 9.79. The molecule has 1 atom stereocenters. The molecular weight excluding hydrogens is 348 g/mol. The van der Waals surface area contributed by atoms with Crippen LogP contribution in [0.2, 0.25) is 0 Å². The van der Waals surface area contributed by atoms with Crippen LogP contribution in [0.4, 0.5) is 0 Å². The molecule has 0 aliphatic heterocycles. The molecule has 1 aromatic heterocycles. The molecule has 4 rings (SSSR count). The van der Waals surface area contributed by atoms with Crippen molar-refractivity contribution in [2.75, 3.05) is 6.54 Å². The number of amides is 1. The Labute approximate surface area is 165 Å². The lowest BCUT2D eigenvalue weighted by Crippen LogP contribution is -2.38. The van der Waals surface area contributed by atoms with Crippen LogP contribution in [-0.4, -0.2) is 28.3 Å². The van der Waals surface area contributed by atoms with Gasteiger partial charge in [0.15, 0.2) is 0 Å². The van der Waals surface area contributed by atoms with Gasteiger partial charge in [-0.2, -0.15) is 5.10 Å². The van der Waals surface area contributed by atoms with Gasteiger partial charge in [-0.15, -0.1) is 0 Å². The largest absolute Gasteiger partial charge is 0.350 e. The Hall–Kier alpha value is -2.92. The summed E-state index contributed by atoms with van der Waals surface area (Å²) in [4.78, 5) is 13.0. The van der Waals surface area contributed by atoms with E-state index in [0.29, 0.717) is 23.7 Å². The van der Waals surface area contributed by atoms with Crippen molar-refractivity contribution < 1.29 is 4.79 Å². The summed E-state index contributed by atoms with van der Waals surface area (Å²) in [5.41, 5.74) is 11.6. The third-order valence-corrected chi connectivity index (χ3v) is 5.34. The fourth-order valence-electron chi connectivity index (χ4n) is 3.53. The van der Waals surface area contributed by atoms with Gasteiger partial charge in [-0.05, 0) is 50.3 Å². The van der Waals surface area contributed by atoms with Crippen molar-refractivity contribution in [2.24, 2.45) is 11.7 Å². The van der Waals surface area contributed by atoms with E-state index in [1.54, 1.807) is 4.68 Å². The van der Waals surface area contributed by atoms with Gasteiger partial charge < -0.3 is 11.1 Å². The second kappa shape index (κ2) is 7.60. The Bertz CT molecular complexity index is 989. The Kier molecular flexibility index (Phi) is 5.01. The van der Waals surface area contributed by atoms with Crippen molar-refractivity contribution in [1.29, 1.82) is 0 Å². The number of rotatable bonds is 6. The summed E-state index contributed by atoms with van der Waals surface area (Å²) < 4.78 is 1.77. The van der Waals surface area contributed by atoms with Crippen LogP contribution in [0.5, 0.6) is 0 Å². The van der Waals surface area contributed by atoms with Gasteiger partial charge >= 0.3 is 0 Å². The smallest absolute Gasteiger partial charge is 0.255 e. The lowest BCUT2D eigenvalue weighted by atomic mass is 10.0. The molecule has 0 spiro atoms. The number of nitrogens with two attached hydrogens (primary N) is 1. The average Bonchev–Trinajstić information content (AvgIpc) is 3.46. The number of carbonyl (C=O) groups is 1. The van der Waals surface area contributed by atoms with Crippen LogP contribution in [0.25, 0.3) is 16.9 Å². The Morgan fingerprint density at radius 2 is 1.96 bits per heavy atom. The number of benzene rings is 2. The zero-order valence-electron chi connectivity index (χ0n) is 16.4. The summed E-state index contributed by atoms with van der Waals surface area (Å²) in [6.45, 7) is 4.60. The fraction of sp³-hybridized carbons (Fsp3) is 0.304. The van der Waals surface area contributed by atoms with Crippen molar-refractivity contribution >= 4 is 5.91 Å². The summed E-state index contributed by atoms with van der Waals surface area (Å²) in [5.74, 6) is 0.416. The van der Waals surface area contributed by atoms with Crippen molar-refractivity contribution in [3.8, 4) is 16.9 Å². The number of aromatic nitrogens is 2. The summed E-state index contributed by atoms with van der Waals surface area (Å²) in [6.07, 6.45) is 4.13. The molecule has 2 aromatic carbocycles. The normalized spacial score (nSPS) is 14.7. The van der Waals surface area contributed by atoms with Gasteiger partial charge in [0.25, 0.3) is 5.91 Å². The van der Waals surface area contributed by atoms with Gasteiger partial charge in [0, 0.05) is 24.3 Å². The molecule has 1 fully saturated rings. The van der Waals surface area contributed by atoms with E-state index < -0.39 is 0 Å². The van der Waals surface area contributed by atoms with Crippen LogP contribution in [0, 0.1) is 19.8 Å². The SMILES string of the molecule is Cc1ccc(-c2nn(-c3ccccc3)cc2C(=O)NCC(N)C2CC2)c(C)c1. The highest BCUT2D eigenvalue weighted by Crippen LogP contribution is 2.31. The summed E-state index contributed by atoms with van der Waals surface area (Å²) in [7, 11) is 0. The van der Waals surface area contributed by atoms with E-state index in [-0.39, 0.29) is 11.9 Å². The number of hydrogen-bond acceptors (Lipinski definition) is 3. The van der Waals surface area contributed by atoms with Crippen LogP contribution in [0.15, 0.2) is 54.7 Å². The van der Waals surface area contributed by atoms with E-state index in [1.165, 1.54) is 5.56 Å². The maximum absolute atomic E-state index is 13.0. The number of nitrogens with one attached hydrogen (secondary N) is 1. The second-order valence-electron chi connectivity index (χ2n) is 7.70. The van der Waals surface area contributed by atoms with Gasteiger partial charge in [-0.25, -0.2) is 4.68 Å². The van der Waals surface area contributed by atoms with E-state index in [4.69, 9.17) is 10.8 Å². The van der Waals surface area contributed by atoms with Crippen molar-refractivity contribution in [1.82, 2.24) is 15.1 Å². The van der Waals surface area contributed by atoms with Gasteiger partial charge in [-0.1, -0.05) is 42.0 Å². The first-order chi connectivity index (χ1) is 13.5. The van der Waals surface area contributed by atoms with Gasteiger partial charge in [0.2, 0.25) is 0 Å². The summed E-state index contributed by atoms with van der Waals surface area (Å²) in [6, 6.07) is 16.1. The zero-order valence-corrected chi connectivity index (χ0v) is 16.4. The minimum absolute atomic E-state index is 0.0256. The van der Waals surface area contributed by atoms with Crippen molar-refractivity contribution in [3.63, 3.8) is 0 Å². The molecular formula is C23H26N4O. The summed E-state index contributed by atoms with van der Waals surface area (Å²) in [5, 5.41) is 7.77. The van der Waals surface area contributed by atoms with Crippen LogP contribution < -0.4 is 11.1 Å². The summed E-state index contributed by atoms with van der Waals surface area (Å²) >= 11 is 0. The fourth-order valence-corrected chi connectivity index (χ4v) is 3.53. The van der Waals surface area contributed by atoms with Crippen LogP contribution in [0.1, 0.15) is 34.3 Å². The number of carbonyl (C=O) groups excluding carboxylic acids is 1. The van der Waals surface area contributed by atoms with E-state index in [9.17, 15) is 4.79 Å². The number of hydrogen-bond donors (Lipinski definition) is 2. The molecule has 0 saturated heterocycles. The van der Waals surface area contributed by atoms with Gasteiger partial charge in [0.1, 0.15) is 5.69 Å². The molecule has 1 aliphatic carbocycles.